The van der Waals surface area contributed by atoms with Crippen LogP contribution in [0.25, 0.3) is 6.08 Å². The number of methoxy groups -OCH3 is 1. The molecule has 0 aliphatic carbocycles. The number of nitriles is 1. The maximum atomic E-state index is 12.6. The fourth-order valence-electron chi connectivity index (χ4n) is 2.69. The van der Waals surface area contributed by atoms with E-state index in [0.29, 0.717) is 17.1 Å². The predicted octanol–water partition coefficient (Wildman–Crippen LogP) is 4.94. The van der Waals surface area contributed by atoms with E-state index in [1.165, 1.54) is 31.4 Å². The van der Waals surface area contributed by atoms with Crippen LogP contribution in [0.2, 0.25) is 0 Å². The SMILES string of the molecule is COc1ccc(NC(=O)/C(C#N)=C/c2cccc(Oc3ccccc3)c2)c([N+](=O)[O-])c1. The second-order valence-electron chi connectivity index (χ2n) is 6.25. The highest BCUT2D eigenvalue weighted by Crippen LogP contribution is 2.29. The monoisotopic (exact) mass is 415 g/mol. The number of anilines is 1. The molecule has 8 heteroatoms. The van der Waals surface area contributed by atoms with Crippen molar-refractivity contribution in [1.82, 2.24) is 0 Å². The molecular weight excluding hydrogens is 398 g/mol. The third kappa shape index (κ3) is 5.46. The van der Waals surface area contributed by atoms with Gasteiger partial charge in [-0.05, 0) is 48.0 Å². The Kier molecular flexibility index (Phi) is 6.60. The van der Waals surface area contributed by atoms with Crippen molar-refractivity contribution in [2.75, 3.05) is 12.4 Å². The van der Waals surface area contributed by atoms with Crippen LogP contribution in [-0.2, 0) is 4.79 Å². The van der Waals surface area contributed by atoms with Crippen LogP contribution in [0, 0.1) is 21.4 Å². The Labute approximate surface area is 178 Å². The Balaban J connectivity index is 1.82. The van der Waals surface area contributed by atoms with Crippen LogP contribution in [0.3, 0.4) is 0 Å². The number of carbonyl (C=O) groups excluding carboxylic acids is 1. The number of nitro benzene ring substituents is 1. The van der Waals surface area contributed by atoms with E-state index in [9.17, 15) is 20.2 Å². The standard InChI is InChI=1S/C23H17N3O5/c1-30-19-10-11-21(22(14-19)26(28)29)25-23(27)17(15-24)12-16-6-5-9-20(13-16)31-18-7-3-2-4-8-18/h2-14H,1H3,(H,25,27)/b17-12+. The number of para-hydroxylation sites is 1. The molecule has 8 nitrogen and oxygen atoms in total. The zero-order valence-corrected chi connectivity index (χ0v) is 16.4. The van der Waals surface area contributed by atoms with Gasteiger partial charge in [0.25, 0.3) is 11.6 Å². The van der Waals surface area contributed by atoms with Gasteiger partial charge in [0.15, 0.2) is 0 Å². The number of hydrogen-bond acceptors (Lipinski definition) is 6. The van der Waals surface area contributed by atoms with Crippen molar-refractivity contribution in [3.05, 3.63) is 94.0 Å². The van der Waals surface area contributed by atoms with Crippen LogP contribution in [0.5, 0.6) is 17.2 Å². The fraction of sp³-hybridized carbons (Fsp3) is 0.0435. The van der Waals surface area contributed by atoms with Crippen LogP contribution >= 0.6 is 0 Å². The summed E-state index contributed by atoms with van der Waals surface area (Å²) in [6, 6.07) is 21.9. The molecule has 31 heavy (non-hydrogen) atoms. The van der Waals surface area contributed by atoms with Crippen molar-refractivity contribution in [2.24, 2.45) is 0 Å². The van der Waals surface area contributed by atoms with E-state index in [1.807, 2.05) is 24.3 Å². The molecule has 0 bridgehead atoms. The number of nitrogens with zero attached hydrogens (tertiary/aromatic N) is 2. The molecule has 1 N–H and O–H groups in total. The largest absolute Gasteiger partial charge is 0.496 e. The first-order chi connectivity index (χ1) is 15.0. The Morgan fingerprint density at radius 1 is 1.03 bits per heavy atom. The van der Waals surface area contributed by atoms with Crippen molar-refractivity contribution in [2.45, 2.75) is 0 Å². The zero-order valence-electron chi connectivity index (χ0n) is 16.4. The third-order valence-corrected chi connectivity index (χ3v) is 4.16. The van der Waals surface area contributed by atoms with Gasteiger partial charge in [-0.1, -0.05) is 30.3 Å². The summed E-state index contributed by atoms with van der Waals surface area (Å²) in [4.78, 5) is 23.2. The lowest BCUT2D eigenvalue weighted by atomic mass is 10.1. The maximum absolute atomic E-state index is 12.6. The van der Waals surface area contributed by atoms with Crippen LogP contribution in [0.4, 0.5) is 11.4 Å². The van der Waals surface area contributed by atoms with Crippen molar-refractivity contribution in [3.8, 4) is 23.3 Å². The Bertz CT molecular complexity index is 1180. The van der Waals surface area contributed by atoms with Gasteiger partial charge < -0.3 is 14.8 Å². The quantitative estimate of drug-likeness (QED) is 0.253. The predicted molar refractivity (Wildman–Crippen MR) is 115 cm³/mol. The molecule has 154 valence electrons. The number of hydrogen-bond donors (Lipinski definition) is 1. The number of benzene rings is 3. The second kappa shape index (κ2) is 9.71. The smallest absolute Gasteiger partial charge is 0.296 e. The van der Waals surface area contributed by atoms with Crippen LogP contribution in [0.15, 0.2) is 78.4 Å². The average Bonchev–Trinajstić information content (AvgIpc) is 2.78. The molecule has 0 heterocycles. The van der Waals surface area contributed by atoms with Gasteiger partial charge >= 0.3 is 0 Å². The summed E-state index contributed by atoms with van der Waals surface area (Å²) in [7, 11) is 1.38. The molecule has 0 radical (unpaired) electrons. The summed E-state index contributed by atoms with van der Waals surface area (Å²) in [5.41, 5.74) is -0.0484. The molecule has 3 aromatic rings. The first-order valence-electron chi connectivity index (χ1n) is 9.08. The average molecular weight is 415 g/mol. The summed E-state index contributed by atoms with van der Waals surface area (Å²) < 4.78 is 10.7. The number of nitro groups is 1. The number of ether oxygens (including phenoxy) is 2. The lowest BCUT2D eigenvalue weighted by molar-refractivity contribution is -0.384. The van der Waals surface area contributed by atoms with Gasteiger partial charge in [0.05, 0.1) is 18.1 Å². The normalized spacial score (nSPS) is 10.6. The minimum Gasteiger partial charge on any atom is -0.496 e. The van der Waals surface area contributed by atoms with Gasteiger partial charge in [0.2, 0.25) is 0 Å². The molecule has 0 unspecified atom stereocenters. The molecular formula is C23H17N3O5. The van der Waals surface area contributed by atoms with Crippen LogP contribution < -0.4 is 14.8 Å². The molecule has 0 aliphatic heterocycles. The minimum atomic E-state index is -0.773. The molecule has 0 aliphatic rings. The van der Waals surface area contributed by atoms with Crippen molar-refractivity contribution >= 4 is 23.4 Å². The van der Waals surface area contributed by atoms with E-state index in [0.717, 1.165) is 0 Å². The third-order valence-electron chi connectivity index (χ3n) is 4.16. The zero-order chi connectivity index (χ0) is 22.2. The summed E-state index contributed by atoms with van der Waals surface area (Å²) in [5, 5.41) is 23.1. The number of rotatable bonds is 7. The lowest BCUT2D eigenvalue weighted by Crippen LogP contribution is -2.14. The topological polar surface area (TPSA) is 114 Å². The van der Waals surface area contributed by atoms with E-state index < -0.39 is 10.8 Å². The summed E-state index contributed by atoms with van der Waals surface area (Å²) >= 11 is 0. The first kappa shape index (κ1) is 21.1. The molecule has 0 spiro atoms. The van der Waals surface area contributed by atoms with Crippen molar-refractivity contribution in [1.29, 1.82) is 5.26 Å². The minimum absolute atomic E-state index is 0.0434. The summed E-state index contributed by atoms with van der Waals surface area (Å²) in [6.07, 6.45) is 1.38. The molecule has 0 saturated carbocycles. The van der Waals surface area contributed by atoms with Crippen molar-refractivity contribution in [3.63, 3.8) is 0 Å². The van der Waals surface area contributed by atoms with Gasteiger partial charge in [-0.2, -0.15) is 5.26 Å². The Morgan fingerprint density at radius 3 is 2.45 bits per heavy atom. The highest BCUT2D eigenvalue weighted by molar-refractivity contribution is 6.10. The molecule has 0 saturated heterocycles. The second-order valence-corrected chi connectivity index (χ2v) is 6.25. The number of nitrogens with one attached hydrogen (secondary N) is 1. The van der Waals surface area contributed by atoms with E-state index in [-0.39, 0.29) is 22.7 Å². The molecule has 3 aromatic carbocycles. The van der Waals surface area contributed by atoms with E-state index in [2.05, 4.69) is 5.32 Å². The number of carbonyl (C=O) groups is 1. The Hall–Kier alpha value is -4.64. The van der Waals surface area contributed by atoms with Gasteiger partial charge in [-0.25, -0.2) is 0 Å². The molecule has 0 fully saturated rings. The number of amides is 1. The highest BCUT2D eigenvalue weighted by Gasteiger charge is 2.19. The van der Waals surface area contributed by atoms with Crippen molar-refractivity contribution < 1.29 is 19.2 Å². The van der Waals surface area contributed by atoms with Gasteiger partial charge in [-0.15, -0.1) is 0 Å². The van der Waals surface area contributed by atoms with Gasteiger partial charge in [-0.3, -0.25) is 14.9 Å². The maximum Gasteiger partial charge on any atom is 0.296 e. The van der Waals surface area contributed by atoms with Gasteiger partial charge in [0, 0.05) is 0 Å². The first-order valence-corrected chi connectivity index (χ1v) is 9.08. The van der Waals surface area contributed by atoms with E-state index in [1.54, 1.807) is 36.4 Å². The van der Waals surface area contributed by atoms with Crippen LogP contribution in [0.1, 0.15) is 5.56 Å². The highest BCUT2D eigenvalue weighted by atomic mass is 16.6. The van der Waals surface area contributed by atoms with E-state index in [4.69, 9.17) is 9.47 Å². The molecule has 3 rings (SSSR count). The molecule has 0 atom stereocenters. The molecule has 1 amide bonds. The van der Waals surface area contributed by atoms with Gasteiger partial charge in [0.1, 0.15) is 34.6 Å². The lowest BCUT2D eigenvalue weighted by Gasteiger charge is -2.08. The molecule has 0 aromatic heterocycles. The Morgan fingerprint density at radius 2 is 1.77 bits per heavy atom. The fourth-order valence-corrected chi connectivity index (χ4v) is 2.69. The van der Waals surface area contributed by atoms with E-state index >= 15 is 0 Å². The summed E-state index contributed by atoms with van der Waals surface area (Å²) in [6.45, 7) is 0. The summed E-state index contributed by atoms with van der Waals surface area (Å²) in [5.74, 6) is 0.679. The van der Waals surface area contributed by atoms with Crippen LogP contribution in [-0.4, -0.2) is 17.9 Å².